The van der Waals surface area contributed by atoms with Crippen molar-refractivity contribution in [2.45, 2.75) is 44.4 Å². The number of ether oxygens (including phenoxy) is 3. The Morgan fingerprint density at radius 2 is 1.73 bits per heavy atom. The lowest BCUT2D eigenvalue weighted by Gasteiger charge is -2.32. The average Bonchev–Trinajstić information content (AvgIpc) is 3.08. The smallest absolute Gasteiger partial charge is 0.411 e. The van der Waals surface area contributed by atoms with E-state index in [0.717, 1.165) is 0 Å². The molecule has 3 rings (SSSR count). The molecule has 0 bridgehead atoms. The number of alkyl carbamates (subject to hydrolysis) is 1. The van der Waals surface area contributed by atoms with Crippen LogP contribution in [0.5, 0.6) is 5.75 Å². The number of carboxylic acids is 1. The first-order valence-corrected chi connectivity index (χ1v) is 9.52. The van der Waals surface area contributed by atoms with Crippen molar-refractivity contribution >= 4 is 12.1 Å². The Balaban J connectivity index is 2.02. The summed E-state index contributed by atoms with van der Waals surface area (Å²) in [5.41, 5.74) is 0.472. The Hall–Kier alpha value is -3.10. The van der Waals surface area contributed by atoms with Gasteiger partial charge in [0.15, 0.2) is 6.10 Å². The summed E-state index contributed by atoms with van der Waals surface area (Å²) in [5, 5.41) is 15.7. The van der Waals surface area contributed by atoms with Crippen molar-refractivity contribution in [3.8, 4) is 5.75 Å². The largest absolute Gasteiger partial charge is 0.497 e. The van der Waals surface area contributed by atoms with Crippen molar-refractivity contribution in [2.24, 2.45) is 0 Å². The number of rotatable bonds is 5. The highest BCUT2D eigenvalue weighted by Gasteiger charge is 2.52. The lowest BCUT2D eigenvalue weighted by molar-refractivity contribution is -0.158. The molecule has 0 radical (unpaired) electrons. The topological polar surface area (TPSA) is 106 Å². The van der Waals surface area contributed by atoms with E-state index in [4.69, 9.17) is 14.2 Å². The van der Waals surface area contributed by atoms with Crippen LogP contribution in [-0.4, -0.2) is 36.0 Å². The maximum absolute atomic E-state index is 12.6. The van der Waals surface area contributed by atoms with Crippen LogP contribution in [0, 0.1) is 0 Å². The van der Waals surface area contributed by atoms with Gasteiger partial charge in [-0.3, -0.25) is 10.6 Å². The van der Waals surface area contributed by atoms with Crippen LogP contribution in [0.1, 0.15) is 37.9 Å². The van der Waals surface area contributed by atoms with E-state index >= 15 is 0 Å². The number of amides is 1. The fourth-order valence-electron chi connectivity index (χ4n) is 3.26. The van der Waals surface area contributed by atoms with Gasteiger partial charge in [-0.1, -0.05) is 30.3 Å². The van der Waals surface area contributed by atoms with Crippen LogP contribution in [0.25, 0.3) is 0 Å². The molecule has 30 heavy (non-hydrogen) atoms. The minimum Gasteiger partial charge on any atom is -0.497 e. The Labute approximate surface area is 175 Å². The van der Waals surface area contributed by atoms with Crippen LogP contribution < -0.4 is 15.4 Å². The summed E-state index contributed by atoms with van der Waals surface area (Å²) in [6.45, 7) is 5.22. The summed E-state index contributed by atoms with van der Waals surface area (Å²) in [4.78, 5) is 24.6. The first-order valence-electron chi connectivity index (χ1n) is 9.52. The van der Waals surface area contributed by atoms with E-state index in [1.54, 1.807) is 64.3 Å². The van der Waals surface area contributed by atoms with Gasteiger partial charge in [0.05, 0.1) is 13.2 Å². The normalized spacial score (nSPS) is 23.6. The fraction of sp³-hybridized carbons (Fsp3) is 0.364. The van der Waals surface area contributed by atoms with E-state index in [2.05, 4.69) is 10.6 Å². The molecule has 2 aromatic carbocycles. The van der Waals surface area contributed by atoms with Crippen molar-refractivity contribution in [1.29, 1.82) is 0 Å². The standard InChI is InChI=1S/C22H26N2O6/c1-21(2,3)30-20(27)24-22(15-10-12-16(28-4)13-11-15)23-17(18(29-22)19(25)26)14-8-6-5-7-9-14/h5-13,17-18,23H,1-4H3,(H,24,27)(H,25,26). The van der Waals surface area contributed by atoms with E-state index in [1.165, 1.54) is 0 Å². The van der Waals surface area contributed by atoms with Crippen molar-refractivity contribution in [3.05, 3.63) is 65.7 Å². The number of carbonyl (C=O) groups is 2. The van der Waals surface area contributed by atoms with Gasteiger partial charge in [0.25, 0.3) is 0 Å². The molecule has 1 saturated heterocycles. The zero-order valence-corrected chi connectivity index (χ0v) is 17.3. The lowest BCUT2D eigenvalue weighted by atomic mass is 10.0. The zero-order chi connectivity index (χ0) is 21.9. The number of benzene rings is 2. The Bertz CT molecular complexity index is 894. The lowest BCUT2D eigenvalue weighted by Crippen LogP contribution is -2.55. The highest BCUT2D eigenvalue weighted by atomic mass is 16.6. The number of aliphatic carboxylic acids is 1. The second-order valence-corrected chi connectivity index (χ2v) is 7.95. The third-order valence-corrected chi connectivity index (χ3v) is 4.54. The maximum Gasteiger partial charge on any atom is 0.411 e. The molecule has 0 aliphatic carbocycles. The number of hydrogen-bond donors (Lipinski definition) is 3. The molecule has 1 heterocycles. The summed E-state index contributed by atoms with van der Waals surface area (Å²) < 4.78 is 16.5. The minimum atomic E-state index is -1.61. The minimum absolute atomic E-state index is 0.499. The van der Waals surface area contributed by atoms with Crippen molar-refractivity contribution in [3.63, 3.8) is 0 Å². The number of hydrogen-bond acceptors (Lipinski definition) is 6. The molecule has 160 valence electrons. The molecule has 3 unspecified atom stereocenters. The van der Waals surface area contributed by atoms with E-state index in [0.29, 0.717) is 16.9 Å². The Morgan fingerprint density at radius 1 is 1.10 bits per heavy atom. The molecule has 3 N–H and O–H groups in total. The van der Waals surface area contributed by atoms with Gasteiger partial charge < -0.3 is 19.3 Å². The van der Waals surface area contributed by atoms with Crippen molar-refractivity contribution in [1.82, 2.24) is 10.6 Å². The van der Waals surface area contributed by atoms with Gasteiger partial charge in [-0.15, -0.1) is 0 Å². The fourth-order valence-corrected chi connectivity index (χ4v) is 3.26. The van der Waals surface area contributed by atoms with Gasteiger partial charge in [-0.2, -0.15) is 0 Å². The van der Waals surface area contributed by atoms with Crippen LogP contribution in [0.15, 0.2) is 54.6 Å². The number of carbonyl (C=O) groups excluding carboxylic acids is 1. The van der Waals surface area contributed by atoms with E-state index < -0.39 is 35.7 Å². The molecular weight excluding hydrogens is 388 g/mol. The average molecular weight is 414 g/mol. The highest BCUT2D eigenvalue weighted by Crippen LogP contribution is 2.37. The number of methoxy groups -OCH3 is 1. The van der Waals surface area contributed by atoms with Crippen LogP contribution >= 0.6 is 0 Å². The molecule has 8 nitrogen and oxygen atoms in total. The summed E-state index contributed by atoms with van der Waals surface area (Å²) >= 11 is 0. The zero-order valence-electron chi connectivity index (χ0n) is 17.3. The molecule has 1 aliphatic heterocycles. The quantitative estimate of drug-likeness (QED) is 0.690. The van der Waals surface area contributed by atoms with Crippen LogP contribution in [0.3, 0.4) is 0 Å². The van der Waals surface area contributed by atoms with Crippen LogP contribution in [-0.2, 0) is 20.1 Å². The number of carboxylic acid groups (broad SMARTS) is 1. The molecule has 2 aromatic rings. The van der Waals surface area contributed by atoms with E-state index in [-0.39, 0.29) is 0 Å². The van der Waals surface area contributed by atoms with Gasteiger partial charge in [0, 0.05) is 5.56 Å². The summed E-state index contributed by atoms with van der Waals surface area (Å²) in [6, 6.07) is 15.1. The second-order valence-electron chi connectivity index (χ2n) is 7.95. The SMILES string of the molecule is COc1ccc(C2(NC(=O)OC(C)(C)C)NC(c3ccccc3)C(C(=O)O)O2)cc1. The van der Waals surface area contributed by atoms with Gasteiger partial charge in [-0.25, -0.2) is 9.59 Å². The van der Waals surface area contributed by atoms with Gasteiger partial charge in [0.1, 0.15) is 11.4 Å². The second kappa shape index (κ2) is 8.33. The summed E-state index contributed by atoms with van der Waals surface area (Å²) in [7, 11) is 1.54. The summed E-state index contributed by atoms with van der Waals surface area (Å²) in [5.74, 6) is -2.16. The first kappa shape index (κ1) is 21.6. The highest BCUT2D eigenvalue weighted by molar-refractivity contribution is 5.75. The van der Waals surface area contributed by atoms with E-state index in [1.807, 2.05) is 18.2 Å². The van der Waals surface area contributed by atoms with Gasteiger partial charge in [0.2, 0.25) is 5.85 Å². The maximum atomic E-state index is 12.6. The molecule has 0 aromatic heterocycles. The summed E-state index contributed by atoms with van der Waals surface area (Å²) in [6.07, 6.45) is -1.99. The molecule has 3 atom stereocenters. The monoisotopic (exact) mass is 414 g/mol. The van der Waals surface area contributed by atoms with Gasteiger partial charge >= 0.3 is 12.1 Å². The molecule has 1 aliphatic rings. The predicted molar refractivity (Wildman–Crippen MR) is 109 cm³/mol. The van der Waals surface area contributed by atoms with Crippen LogP contribution in [0.4, 0.5) is 4.79 Å². The Morgan fingerprint density at radius 3 is 2.27 bits per heavy atom. The van der Waals surface area contributed by atoms with Gasteiger partial charge in [-0.05, 0) is 50.6 Å². The Kier molecular flexibility index (Phi) is 6.00. The molecule has 1 amide bonds. The molecule has 1 fully saturated rings. The molecule has 0 spiro atoms. The molecule has 0 saturated carbocycles. The number of nitrogens with one attached hydrogen (secondary N) is 2. The third-order valence-electron chi connectivity index (χ3n) is 4.54. The predicted octanol–water partition coefficient (Wildman–Crippen LogP) is 3.14. The van der Waals surface area contributed by atoms with E-state index in [9.17, 15) is 14.7 Å². The van der Waals surface area contributed by atoms with Crippen molar-refractivity contribution < 1.29 is 28.9 Å². The van der Waals surface area contributed by atoms with Crippen molar-refractivity contribution in [2.75, 3.05) is 7.11 Å². The molecule has 8 heteroatoms. The third kappa shape index (κ3) is 4.72. The molecular formula is C22H26N2O6. The van der Waals surface area contributed by atoms with Crippen LogP contribution in [0.2, 0.25) is 0 Å². The first-order chi connectivity index (χ1) is 14.1.